The minimum absolute atomic E-state index is 0.0616. The largest absolute Gasteiger partial charge is 0.469 e. The summed E-state index contributed by atoms with van der Waals surface area (Å²) in [6.45, 7) is 8.78. The van der Waals surface area contributed by atoms with Gasteiger partial charge in [0.15, 0.2) is 0 Å². The van der Waals surface area contributed by atoms with Crippen LogP contribution in [0.2, 0.25) is 0 Å². The Morgan fingerprint density at radius 2 is 1.44 bits per heavy atom. The first-order valence-corrected chi connectivity index (χ1v) is 15.6. The van der Waals surface area contributed by atoms with Crippen molar-refractivity contribution in [3.8, 4) is 0 Å². The highest BCUT2D eigenvalue weighted by Crippen LogP contribution is 2.38. The third kappa shape index (κ3) is 7.29. The van der Waals surface area contributed by atoms with Gasteiger partial charge >= 0.3 is 18.1 Å². The molecule has 13 heteroatoms. The number of rotatable bonds is 11. The molecule has 48 heavy (non-hydrogen) atoms. The van der Waals surface area contributed by atoms with Crippen LogP contribution in [-0.4, -0.2) is 59.8 Å². The van der Waals surface area contributed by atoms with Gasteiger partial charge in [0.25, 0.3) is 11.8 Å². The number of ether oxygens (including phenoxy) is 2. The highest BCUT2D eigenvalue weighted by atomic mass is 19.4. The Balaban J connectivity index is 1.86. The van der Waals surface area contributed by atoms with Gasteiger partial charge in [0.1, 0.15) is 0 Å². The van der Waals surface area contributed by atoms with Crippen LogP contribution in [0.25, 0.3) is 18.2 Å². The molecule has 10 nitrogen and oxygen atoms in total. The Kier molecular flexibility index (Phi) is 10.8. The maximum absolute atomic E-state index is 14.0. The molecule has 0 fully saturated rings. The summed E-state index contributed by atoms with van der Waals surface area (Å²) in [5, 5.41) is 3.64. The summed E-state index contributed by atoms with van der Waals surface area (Å²) in [7, 11) is 2.59. The zero-order chi connectivity index (χ0) is 35.5. The maximum Gasteiger partial charge on any atom is 0.418 e. The number of halogens is 3. The van der Waals surface area contributed by atoms with Crippen LogP contribution in [0.3, 0.4) is 0 Å². The second-order valence-corrected chi connectivity index (χ2v) is 11.5. The summed E-state index contributed by atoms with van der Waals surface area (Å²) >= 11 is 0. The zero-order valence-electron chi connectivity index (χ0n) is 28.0. The lowest BCUT2D eigenvalue weighted by atomic mass is 10.00. The molecular weight excluding hydrogens is 629 g/mol. The number of nitrogens with one attached hydrogen (secondary N) is 3. The van der Waals surface area contributed by atoms with E-state index in [1.807, 2.05) is 26.8 Å². The lowest BCUT2D eigenvalue weighted by Crippen LogP contribution is -2.18. The summed E-state index contributed by atoms with van der Waals surface area (Å²) in [4.78, 5) is 59.7. The van der Waals surface area contributed by atoms with Gasteiger partial charge in [-0.15, -0.1) is 0 Å². The van der Waals surface area contributed by atoms with Crippen molar-refractivity contribution in [1.29, 1.82) is 0 Å². The van der Waals surface area contributed by atoms with E-state index in [0.717, 1.165) is 22.3 Å². The fourth-order valence-electron chi connectivity index (χ4n) is 6.08. The second kappa shape index (κ2) is 14.4. The molecule has 0 aromatic carbocycles. The van der Waals surface area contributed by atoms with Gasteiger partial charge in [-0.05, 0) is 92.5 Å². The number of hydrogen-bond acceptors (Lipinski definition) is 6. The second-order valence-electron chi connectivity index (χ2n) is 11.5. The first-order valence-electron chi connectivity index (χ1n) is 15.6. The number of allylic oxidation sites excluding steroid dienone is 2. The number of carbonyl (C=O) groups excluding carboxylic acids is 4. The Hall–Kier alpha value is -4.94. The third-order valence-corrected chi connectivity index (χ3v) is 8.76. The predicted molar refractivity (Wildman–Crippen MR) is 174 cm³/mol. The lowest BCUT2D eigenvalue weighted by Gasteiger charge is -2.11. The summed E-state index contributed by atoms with van der Waals surface area (Å²) in [5.74, 6) is -1.99. The molecule has 2 aromatic rings. The normalized spacial score (nSPS) is 16.9. The van der Waals surface area contributed by atoms with Crippen LogP contribution >= 0.6 is 0 Å². The van der Waals surface area contributed by atoms with Crippen molar-refractivity contribution in [2.75, 3.05) is 14.2 Å². The minimum Gasteiger partial charge on any atom is -0.469 e. The molecule has 0 spiro atoms. The van der Waals surface area contributed by atoms with E-state index in [4.69, 9.17) is 9.47 Å². The molecule has 2 amide bonds. The Morgan fingerprint density at radius 1 is 0.792 bits per heavy atom. The van der Waals surface area contributed by atoms with Crippen LogP contribution < -0.4 is 16.0 Å². The maximum atomic E-state index is 14.0. The smallest absolute Gasteiger partial charge is 0.418 e. The highest BCUT2D eigenvalue weighted by Gasteiger charge is 2.44. The van der Waals surface area contributed by atoms with Gasteiger partial charge in [-0.25, -0.2) is 4.99 Å². The number of aromatic amines is 2. The molecule has 4 heterocycles. The van der Waals surface area contributed by atoms with Gasteiger partial charge < -0.3 is 24.8 Å². The average Bonchev–Trinajstić information content (AvgIpc) is 3.70. The molecule has 3 N–H and O–H groups in total. The van der Waals surface area contributed by atoms with Gasteiger partial charge in [-0.1, -0.05) is 13.8 Å². The van der Waals surface area contributed by atoms with Crippen molar-refractivity contribution >= 4 is 47.7 Å². The van der Waals surface area contributed by atoms with E-state index < -0.39 is 35.5 Å². The van der Waals surface area contributed by atoms with Gasteiger partial charge in [-0.3, -0.25) is 19.2 Å². The molecule has 2 aliphatic heterocycles. The summed E-state index contributed by atoms with van der Waals surface area (Å²) < 4.78 is 51.6. The predicted octanol–water partition coefficient (Wildman–Crippen LogP) is 4.23. The molecule has 4 rings (SSSR count). The van der Waals surface area contributed by atoms with Crippen LogP contribution in [0.1, 0.15) is 80.1 Å². The van der Waals surface area contributed by atoms with E-state index in [1.165, 1.54) is 27.2 Å². The van der Waals surface area contributed by atoms with Crippen molar-refractivity contribution < 1.29 is 41.8 Å². The molecule has 0 atom stereocenters. The lowest BCUT2D eigenvalue weighted by molar-refractivity contribution is -0.141. The number of alkyl halides is 3. The number of aliphatic imine (C=N–C) groups is 1. The molecule has 0 saturated carbocycles. The van der Waals surface area contributed by atoms with Gasteiger partial charge in [-0.2, -0.15) is 13.2 Å². The molecule has 0 aliphatic carbocycles. The number of methoxy groups -OCH3 is 2. The van der Waals surface area contributed by atoms with E-state index >= 15 is 0 Å². The Bertz CT molecular complexity index is 1940. The highest BCUT2D eigenvalue weighted by molar-refractivity contribution is 6.31. The standard InChI is InChI=1S/C35H39F3N4O6/c1-8-20-17(3)24(39-26(20)16-29-32(35(36,37)38)21(9-2)34(46)42-29)14-25-18(4)22(10-12-30(43)47-6)27(40-25)15-28-23(11-13-31(44)48-7)19(5)33(45)41-28/h14-16,39-40H,8-13H2,1-7H3,(H,42,46)/b25-14-,27-15+,29-16-. The molecule has 0 saturated heterocycles. The zero-order valence-corrected chi connectivity index (χ0v) is 28.0. The number of H-pyrrole nitrogens is 2. The van der Waals surface area contributed by atoms with Gasteiger partial charge in [0.05, 0.1) is 31.2 Å². The first-order chi connectivity index (χ1) is 22.6. The number of nitrogens with zero attached hydrogens (tertiary/aromatic N) is 1. The van der Waals surface area contributed by atoms with E-state index in [9.17, 15) is 32.3 Å². The van der Waals surface area contributed by atoms with Gasteiger partial charge in [0.2, 0.25) is 0 Å². The number of aromatic nitrogens is 2. The Morgan fingerprint density at radius 3 is 2.02 bits per heavy atom. The summed E-state index contributed by atoms with van der Waals surface area (Å²) in [6, 6.07) is 0. The van der Waals surface area contributed by atoms with E-state index in [0.29, 0.717) is 51.8 Å². The Labute approximate surface area is 275 Å². The topological polar surface area (TPSA) is 143 Å². The molecular formula is C35H39F3N4O6. The number of esters is 2. The van der Waals surface area contributed by atoms with Crippen molar-refractivity contribution in [3.05, 3.63) is 72.3 Å². The number of carbonyl (C=O) groups is 4. The summed E-state index contributed by atoms with van der Waals surface area (Å²) in [6.07, 6.45) is 1.32. The van der Waals surface area contributed by atoms with E-state index in [-0.39, 0.29) is 37.0 Å². The molecule has 0 radical (unpaired) electrons. The van der Waals surface area contributed by atoms with E-state index in [1.54, 1.807) is 13.0 Å². The van der Waals surface area contributed by atoms with Crippen molar-refractivity contribution in [3.63, 3.8) is 0 Å². The van der Waals surface area contributed by atoms with Gasteiger partial charge in [0, 0.05) is 46.1 Å². The van der Waals surface area contributed by atoms with Crippen molar-refractivity contribution in [2.45, 2.75) is 79.3 Å². The fraction of sp³-hybridized carbons (Fsp3) is 0.400. The molecule has 2 aromatic heterocycles. The quantitative estimate of drug-likeness (QED) is 0.306. The van der Waals surface area contributed by atoms with Crippen LogP contribution in [0, 0.1) is 13.8 Å². The van der Waals surface area contributed by atoms with Crippen LogP contribution in [0.4, 0.5) is 13.2 Å². The molecule has 256 valence electrons. The van der Waals surface area contributed by atoms with Crippen LogP contribution in [0.5, 0.6) is 0 Å². The monoisotopic (exact) mass is 668 g/mol. The fourth-order valence-corrected chi connectivity index (χ4v) is 6.08. The number of hydrogen-bond donors (Lipinski definition) is 3. The van der Waals surface area contributed by atoms with Crippen molar-refractivity contribution in [2.24, 2.45) is 4.99 Å². The van der Waals surface area contributed by atoms with E-state index in [2.05, 4.69) is 20.3 Å². The summed E-state index contributed by atoms with van der Waals surface area (Å²) in [5.41, 5.74) is 4.12. The van der Waals surface area contributed by atoms with Crippen molar-refractivity contribution in [1.82, 2.24) is 15.3 Å². The SMILES string of the molecule is CCC1=C(C(F)(F)F)/C(=C/c2[nH]c(/C=c3\[nH]/c(=C/C4=NC(=O)C(C)=C4CCC(=O)OC)c(CCC(=O)OC)c3C)c(C)c2CC)NC1=O. The molecule has 0 unspecified atom stereocenters. The first kappa shape index (κ1) is 35.9. The molecule has 0 bridgehead atoms. The average molecular weight is 669 g/mol. The molecule has 2 aliphatic rings. The number of amides is 2. The minimum atomic E-state index is -4.71. The van der Waals surface area contributed by atoms with Crippen LogP contribution in [0.15, 0.2) is 33.0 Å². The third-order valence-electron chi connectivity index (χ3n) is 8.76. The van der Waals surface area contributed by atoms with Crippen LogP contribution in [-0.2, 0) is 41.5 Å².